The molecule has 0 fully saturated rings. The second kappa shape index (κ2) is 25.2. The average molecular weight is 1360 g/mol. The van der Waals surface area contributed by atoms with Gasteiger partial charge in [0.05, 0.1) is 33.4 Å². The summed E-state index contributed by atoms with van der Waals surface area (Å²) in [6.07, 6.45) is 0. The van der Waals surface area contributed by atoms with Crippen LogP contribution in [0, 0.1) is 0 Å². The van der Waals surface area contributed by atoms with E-state index in [1.165, 1.54) is 110 Å². The van der Waals surface area contributed by atoms with E-state index in [4.69, 9.17) is 0 Å². The van der Waals surface area contributed by atoms with Gasteiger partial charge in [0.15, 0.2) is 0 Å². The number of benzene rings is 15. The Morgan fingerprint density at radius 1 is 0.264 bits per heavy atom. The first-order valence-electron chi connectivity index (χ1n) is 37.5. The molecule has 0 bridgehead atoms. The van der Waals surface area contributed by atoms with Gasteiger partial charge in [0, 0.05) is 77.9 Å². The van der Waals surface area contributed by atoms with Crippen LogP contribution in [0.4, 0.5) is 34.1 Å². The average Bonchev–Trinajstić information content (AvgIpc) is 0.812. The molecule has 0 N–H and O–H groups in total. The fourth-order valence-electron chi connectivity index (χ4n) is 17.2. The molecular formula is C101H81BN4. The molecule has 0 amide bonds. The second-order valence-corrected chi connectivity index (χ2v) is 31.4. The molecule has 0 aliphatic carbocycles. The summed E-state index contributed by atoms with van der Waals surface area (Å²) in [5.74, 6) is 0.122. The van der Waals surface area contributed by atoms with Crippen LogP contribution in [-0.2, 0) is 10.8 Å². The first-order chi connectivity index (χ1) is 51.7. The topological polar surface area (TPSA) is 16.3 Å². The highest BCUT2D eigenvalue weighted by molar-refractivity contribution is 7.00. The molecule has 0 radical (unpaired) electrons. The minimum atomic E-state index is -0.242. The summed E-state index contributed by atoms with van der Waals surface area (Å²) in [6, 6.07) is 129. The maximum atomic E-state index is 2.74. The minimum absolute atomic E-state index is 0.122. The van der Waals surface area contributed by atoms with E-state index in [2.05, 4.69) is 414 Å². The van der Waals surface area contributed by atoms with Crippen molar-refractivity contribution in [2.24, 2.45) is 0 Å². The molecular weight excluding hydrogens is 1280 g/mol. The number of anilines is 6. The molecule has 0 unspecified atom stereocenters. The minimum Gasteiger partial charge on any atom is -0.310 e. The molecule has 17 aromatic rings. The van der Waals surface area contributed by atoms with Gasteiger partial charge >= 0.3 is 0 Å². The van der Waals surface area contributed by atoms with Crippen molar-refractivity contribution in [2.45, 2.75) is 72.1 Å². The molecule has 5 heteroatoms. The van der Waals surface area contributed by atoms with Gasteiger partial charge in [0.1, 0.15) is 0 Å². The van der Waals surface area contributed by atoms with E-state index in [0.717, 1.165) is 78.8 Å². The van der Waals surface area contributed by atoms with Crippen molar-refractivity contribution in [3.05, 3.63) is 356 Å². The molecule has 106 heavy (non-hydrogen) atoms. The van der Waals surface area contributed by atoms with Crippen molar-refractivity contribution >= 4 is 101 Å². The van der Waals surface area contributed by atoms with Crippen LogP contribution in [0.2, 0.25) is 0 Å². The van der Waals surface area contributed by atoms with Crippen LogP contribution in [0.5, 0.6) is 0 Å². The van der Waals surface area contributed by atoms with Crippen LogP contribution in [0.25, 0.3) is 122 Å². The van der Waals surface area contributed by atoms with Crippen LogP contribution in [0.1, 0.15) is 78.0 Å². The Morgan fingerprint density at radius 3 is 0.906 bits per heavy atom. The number of hydrogen-bond donors (Lipinski definition) is 0. The number of aromatic nitrogens is 2. The smallest absolute Gasteiger partial charge is 0.252 e. The van der Waals surface area contributed by atoms with Crippen LogP contribution >= 0.6 is 0 Å². The van der Waals surface area contributed by atoms with Crippen LogP contribution in [0.15, 0.2) is 340 Å². The maximum Gasteiger partial charge on any atom is 0.252 e. The SMILES string of the molecule is CC(C)c1cc2c3c(c1)N(c1c(-c4ccccc4)cc(C(C)(C)C)cc1-c1ccccc1)c1cc(-n4c5ccc(-c6ccccc6)cc5c5cc(-c6ccccc6)ccc54)ccc1B3c1ccc(-n3c4ccccc4c4ccccc43)cc1N2c1c(-c2ccccc2)cc(C(C)(C)C)cc1-c1ccccc1. The van der Waals surface area contributed by atoms with Gasteiger partial charge in [-0.15, -0.1) is 0 Å². The van der Waals surface area contributed by atoms with Crippen molar-refractivity contribution < 1.29 is 0 Å². The third-order valence-corrected chi connectivity index (χ3v) is 22.5. The Kier molecular flexibility index (Phi) is 15.3. The second-order valence-electron chi connectivity index (χ2n) is 31.4. The molecule has 4 nitrogen and oxygen atoms in total. The van der Waals surface area contributed by atoms with Crippen LogP contribution in [-0.4, -0.2) is 15.8 Å². The fourth-order valence-corrected chi connectivity index (χ4v) is 17.2. The zero-order valence-electron chi connectivity index (χ0n) is 61.3. The van der Waals surface area contributed by atoms with Gasteiger partial charge in [0.2, 0.25) is 0 Å². The molecule has 4 heterocycles. The summed E-state index contributed by atoms with van der Waals surface area (Å²) in [5, 5.41) is 4.87. The van der Waals surface area contributed by atoms with Gasteiger partial charge < -0.3 is 18.9 Å². The van der Waals surface area contributed by atoms with E-state index >= 15 is 0 Å². The van der Waals surface area contributed by atoms with Gasteiger partial charge in [-0.05, 0) is 191 Å². The quantitative estimate of drug-likeness (QED) is 0.120. The van der Waals surface area contributed by atoms with Gasteiger partial charge in [-0.3, -0.25) is 0 Å². The third kappa shape index (κ3) is 10.6. The Hall–Kier alpha value is -12.4. The van der Waals surface area contributed by atoms with Gasteiger partial charge in [-0.2, -0.15) is 0 Å². The monoisotopic (exact) mass is 1360 g/mol. The third-order valence-electron chi connectivity index (χ3n) is 22.5. The largest absolute Gasteiger partial charge is 0.310 e. The zero-order chi connectivity index (χ0) is 71.7. The van der Waals surface area contributed by atoms with Gasteiger partial charge in [0.25, 0.3) is 6.71 Å². The van der Waals surface area contributed by atoms with Gasteiger partial charge in [-0.25, -0.2) is 0 Å². The fraction of sp³-hybridized carbons (Fsp3) is 0.109. The number of nitrogens with zero attached hydrogens (tertiary/aromatic N) is 4. The Balaban J connectivity index is 0.979. The molecule has 2 aliphatic rings. The van der Waals surface area contributed by atoms with Gasteiger partial charge in [-0.1, -0.05) is 298 Å². The normalized spacial score (nSPS) is 12.7. The van der Waals surface area contributed by atoms with E-state index in [1.54, 1.807) is 0 Å². The van der Waals surface area contributed by atoms with E-state index in [0.29, 0.717) is 0 Å². The maximum absolute atomic E-state index is 2.74. The predicted molar refractivity (Wildman–Crippen MR) is 453 cm³/mol. The zero-order valence-corrected chi connectivity index (χ0v) is 61.3. The molecule has 2 aliphatic heterocycles. The van der Waals surface area contributed by atoms with E-state index in [1.807, 2.05) is 0 Å². The number of hydrogen-bond acceptors (Lipinski definition) is 2. The molecule has 0 atom stereocenters. The lowest BCUT2D eigenvalue weighted by atomic mass is 9.33. The lowest BCUT2D eigenvalue weighted by Crippen LogP contribution is -2.61. The summed E-state index contributed by atoms with van der Waals surface area (Å²) in [6.45, 7) is 18.7. The van der Waals surface area contributed by atoms with E-state index in [9.17, 15) is 0 Å². The Labute approximate surface area is 622 Å². The predicted octanol–water partition coefficient (Wildman–Crippen LogP) is 25.7. The molecule has 0 saturated carbocycles. The Morgan fingerprint density at radius 2 is 0.575 bits per heavy atom. The molecule has 15 aromatic carbocycles. The summed E-state index contributed by atoms with van der Waals surface area (Å²) in [7, 11) is 0. The highest BCUT2D eigenvalue weighted by Crippen LogP contribution is 2.56. The summed E-state index contributed by atoms with van der Waals surface area (Å²) in [5.41, 5.74) is 34.9. The van der Waals surface area contributed by atoms with E-state index < -0.39 is 0 Å². The Bertz CT molecular complexity index is 6030. The van der Waals surface area contributed by atoms with Crippen molar-refractivity contribution in [1.82, 2.24) is 9.13 Å². The van der Waals surface area contributed by atoms with E-state index in [-0.39, 0.29) is 23.5 Å². The van der Waals surface area contributed by atoms with Crippen molar-refractivity contribution in [3.8, 4) is 78.1 Å². The standard InChI is InChI=1S/C101H81BN4/c1-65(2)74-57-95-97-96(58-74)106(99-83(70-39-23-13-24-40-70)61-76(101(6,7)8)62-84(99)71-41-25-14-26-42-71)94-64-78(104-91-53-47-72(66-31-15-9-16-32-66)55-85(91)86-56-73(48-54-92(86)104)67-33-17-10-18-34-67)50-52-88(94)102(97)87-51-49-77(103-89-45-29-27-43-79(89)80-44-28-30-46-90(80)103)63-93(87)105(95)98-81(68-35-19-11-20-36-68)59-75(100(3,4)5)60-82(98)69-37-21-12-22-38-69/h9-65H,1-8H3. The first-order valence-corrected chi connectivity index (χ1v) is 37.5. The molecule has 0 saturated heterocycles. The molecule has 19 rings (SSSR count). The number of rotatable bonds is 11. The highest BCUT2D eigenvalue weighted by atomic mass is 15.2. The summed E-state index contributed by atoms with van der Waals surface area (Å²) in [4.78, 5) is 5.47. The molecule has 0 spiro atoms. The van der Waals surface area contributed by atoms with Crippen molar-refractivity contribution in [2.75, 3.05) is 9.80 Å². The lowest BCUT2D eigenvalue weighted by Gasteiger charge is -2.46. The van der Waals surface area contributed by atoms with Crippen molar-refractivity contribution in [1.29, 1.82) is 0 Å². The molecule has 2 aromatic heterocycles. The van der Waals surface area contributed by atoms with Crippen LogP contribution < -0.4 is 26.2 Å². The highest BCUT2D eigenvalue weighted by Gasteiger charge is 2.46. The van der Waals surface area contributed by atoms with Crippen LogP contribution in [0.3, 0.4) is 0 Å². The summed E-state index contributed by atoms with van der Waals surface area (Å²) >= 11 is 0. The number of para-hydroxylation sites is 2. The molecule has 508 valence electrons. The van der Waals surface area contributed by atoms with Crippen molar-refractivity contribution in [3.63, 3.8) is 0 Å². The first kappa shape index (κ1) is 64.4. The summed E-state index contributed by atoms with van der Waals surface area (Å²) < 4.78 is 5.05. The number of fused-ring (bicyclic) bond motifs is 10. The lowest BCUT2D eigenvalue weighted by molar-refractivity contribution is 0.590.